The van der Waals surface area contributed by atoms with E-state index >= 15 is 0 Å². The molecule has 2 aromatic rings. The first kappa shape index (κ1) is 20.7. The molecule has 2 aliphatic rings. The number of fused-ring (bicyclic) bond motifs is 1. The van der Waals surface area contributed by atoms with Crippen LogP contribution in [0.5, 0.6) is 0 Å². The Hall–Kier alpha value is -2.54. The predicted octanol–water partition coefficient (Wildman–Crippen LogP) is 3.45. The number of methoxy groups -OCH3 is 1. The third kappa shape index (κ3) is 3.78. The molecule has 0 radical (unpaired) electrons. The van der Waals surface area contributed by atoms with Crippen molar-refractivity contribution in [2.75, 3.05) is 20.3 Å². The molecule has 2 amide bonds. The number of carbonyl (C=O) groups is 2. The first-order valence-corrected chi connectivity index (χ1v) is 10.9. The van der Waals surface area contributed by atoms with Crippen LogP contribution in [0.1, 0.15) is 55.9 Å². The molecular weight excluding hydrogens is 382 g/mol. The largest absolute Gasteiger partial charge is 0.463 e. The van der Waals surface area contributed by atoms with Gasteiger partial charge in [-0.25, -0.2) is 0 Å². The molecule has 1 atom stereocenters. The Labute approximate surface area is 177 Å². The summed E-state index contributed by atoms with van der Waals surface area (Å²) < 4.78 is 12.7. The number of hydrogen-bond donors (Lipinski definition) is 1. The summed E-state index contributed by atoms with van der Waals surface area (Å²) >= 11 is 0. The molecule has 1 saturated carbocycles. The van der Waals surface area contributed by atoms with Crippen LogP contribution >= 0.6 is 0 Å². The van der Waals surface area contributed by atoms with Crippen molar-refractivity contribution in [2.45, 2.75) is 63.6 Å². The van der Waals surface area contributed by atoms with Crippen LogP contribution in [0.15, 0.2) is 34.9 Å². The molecule has 1 aliphatic carbocycles. The van der Waals surface area contributed by atoms with Crippen LogP contribution in [0.3, 0.4) is 0 Å². The summed E-state index contributed by atoms with van der Waals surface area (Å²) in [6.07, 6.45) is 7.82. The Bertz CT molecular complexity index is 882. The maximum atomic E-state index is 13.5. The van der Waals surface area contributed by atoms with E-state index in [1.807, 2.05) is 35.8 Å². The number of nitrogens with zero attached hydrogens (tertiary/aromatic N) is 2. The first-order valence-electron chi connectivity index (χ1n) is 10.9. The van der Waals surface area contributed by atoms with E-state index in [4.69, 9.17) is 9.15 Å². The quantitative estimate of drug-likeness (QED) is 0.706. The third-order valence-corrected chi connectivity index (χ3v) is 6.44. The Morgan fingerprint density at radius 3 is 2.70 bits per heavy atom. The highest BCUT2D eigenvalue weighted by Crippen LogP contribution is 2.33. The van der Waals surface area contributed by atoms with Gasteiger partial charge >= 0.3 is 0 Å². The number of rotatable bonds is 7. The number of ether oxygens (including phenoxy) is 1. The molecule has 7 heteroatoms. The Morgan fingerprint density at radius 1 is 1.23 bits per heavy atom. The predicted molar refractivity (Wildman–Crippen MR) is 113 cm³/mol. The number of hydrogen-bond acceptors (Lipinski definition) is 4. The normalized spacial score (nSPS) is 22.2. The third-order valence-electron chi connectivity index (χ3n) is 6.44. The Kier molecular flexibility index (Phi) is 5.99. The van der Waals surface area contributed by atoms with Gasteiger partial charge in [-0.15, -0.1) is 0 Å². The lowest BCUT2D eigenvalue weighted by atomic mass is 9.91. The van der Waals surface area contributed by atoms with Gasteiger partial charge in [-0.05, 0) is 50.5 Å². The molecular formula is C23H31N3O4. The lowest BCUT2D eigenvalue weighted by molar-refractivity contribution is -0.134. The van der Waals surface area contributed by atoms with Gasteiger partial charge in [0.1, 0.15) is 17.0 Å². The van der Waals surface area contributed by atoms with Gasteiger partial charge in [0.15, 0.2) is 0 Å². The lowest BCUT2D eigenvalue weighted by Gasteiger charge is -2.45. The SMILES string of the molecule is COCCCN1C(=O)c2ccc(-c3ccco3)n2C[C@@]1(C)C(=O)NC1CCCCC1. The van der Waals surface area contributed by atoms with Crippen molar-refractivity contribution in [3.8, 4) is 11.5 Å². The van der Waals surface area contributed by atoms with Crippen molar-refractivity contribution in [3.63, 3.8) is 0 Å². The highest BCUT2D eigenvalue weighted by Gasteiger charge is 2.48. The summed E-state index contributed by atoms with van der Waals surface area (Å²) in [5, 5.41) is 3.25. The summed E-state index contributed by atoms with van der Waals surface area (Å²) in [6, 6.07) is 7.60. The second-order valence-corrected chi connectivity index (χ2v) is 8.55. The number of furan rings is 1. The topological polar surface area (TPSA) is 76.7 Å². The van der Waals surface area contributed by atoms with Crippen molar-refractivity contribution in [3.05, 3.63) is 36.2 Å². The van der Waals surface area contributed by atoms with Crippen LogP contribution in [0, 0.1) is 0 Å². The Balaban J connectivity index is 1.66. The number of carbonyl (C=O) groups excluding carboxylic acids is 2. The maximum absolute atomic E-state index is 13.5. The fourth-order valence-corrected chi connectivity index (χ4v) is 4.72. The second kappa shape index (κ2) is 8.68. The van der Waals surface area contributed by atoms with Crippen LogP contribution in [0.2, 0.25) is 0 Å². The van der Waals surface area contributed by atoms with Gasteiger partial charge in [0.25, 0.3) is 5.91 Å². The van der Waals surface area contributed by atoms with E-state index in [1.165, 1.54) is 6.42 Å². The molecule has 2 aromatic heterocycles. The zero-order chi connectivity index (χ0) is 21.1. The molecule has 0 unspecified atom stereocenters. The Morgan fingerprint density at radius 2 is 2.00 bits per heavy atom. The molecule has 0 saturated heterocycles. The molecule has 1 N–H and O–H groups in total. The standard InChI is InChI=1S/C23H31N3O4/c1-23(22(28)24-17-8-4-3-5-9-17)16-25-18(20-10-6-15-30-20)11-12-19(25)21(27)26(23)13-7-14-29-2/h6,10-12,15,17H,3-5,7-9,13-14,16H2,1-2H3,(H,24,28)/t23-/m0/s1. The molecule has 0 bridgehead atoms. The number of amides is 2. The zero-order valence-electron chi connectivity index (χ0n) is 17.9. The second-order valence-electron chi connectivity index (χ2n) is 8.55. The van der Waals surface area contributed by atoms with Gasteiger partial charge in [0.05, 0.1) is 18.5 Å². The fraction of sp³-hybridized carbons (Fsp3) is 0.565. The summed E-state index contributed by atoms with van der Waals surface area (Å²) in [4.78, 5) is 28.7. The van der Waals surface area contributed by atoms with Crippen LogP contribution in [-0.2, 0) is 16.1 Å². The average molecular weight is 414 g/mol. The monoisotopic (exact) mass is 413 g/mol. The number of aromatic nitrogens is 1. The summed E-state index contributed by atoms with van der Waals surface area (Å²) in [6.45, 7) is 3.29. The minimum Gasteiger partial charge on any atom is -0.463 e. The van der Waals surface area contributed by atoms with Crippen molar-refractivity contribution in [2.24, 2.45) is 0 Å². The van der Waals surface area contributed by atoms with Gasteiger partial charge in [-0.1, -0.05) is 19.3 Å². The molecule has 1 aliphatic heterocycles. The van der Waals surface area contributed by atoms with Crippen molar-refractivity contribution in [1.82, 2.24) is 14.8 Å². The lowest BCUT2D eigenvalue weighted by Crippen LogP contribution is -2.65. The summed E-state index contributed by atoms with van der Waals surface area (Å²) in [5.74, 6) is 0.485. The van der Waals surface area contributed by atoms with E-state index in [-0.39, 0.29) is 17.9 Å². The van der Waals surface area contributed by atoms with E-state index in [1.54, 1.807) is 18.3 Å². The highest BCUT2D eigenvalue weighted by molar-refractivity contribution is 6.00. The maximum Gasteiger partial charge on any atom is 0.271 e. The van der Waals surface area contributed by atoms with Crippen LogP contribution in [-0.4, -0.2) is 53.1 Å². The van der Waals surface area contributed by atoms with Gasteiger partial charge in [0, 0.05) is 26.3 Å². The zero-order valence-corrected chi connectivity index (χ0v) is 17.9. The molecule has 0 aromatic carbocycles. The van der Waals surface area contributed by atoms with Crippen molar-refractivity contribution in [1.29, 1.82) is 0 Å². The average Bonchev–Trinajstić information content (AvgIpc) is 3.41. The van der Waals surface area contributed by atoms with E-state index in [2.05, 4.69) is 5.32 Å². The minimum absolute atomic E-state index is 0.0788. The van der Waals surface area contributed by atoms with Gasteiger partial charge in [0.2, 0.25) is 5.91 Å². The van der Waals surface area contributed by atoms with E-state index < -0.39 is 5.54 Å². The highest BCUT2D eigenvalue weighted by atomic mass is 16.5. The molecule has 4 rings (SSSR count). The molecule has 7 nitrogen and oxygen atoms in total. The van der Waals surface area contributed by atoms with Crippen molar-refractivity contribution >= 4 is 11.8 Å². The van der Waals surface area contributed by atoms with Gasteiger partial charge in [-0.3, -0.25) is 9.59 Å². The molecule has 0 spiro atoms. The van der Waals surface area contributed by atoms with Gasteiger partial charge in [-0.2, -0.15) is 0 Å². The van der Waals surface area contributed by atoms with Gasteiger partial charge < -0.3 is 23.9 Å². The number of nitrogens with one attached hydrogen (secondary N) is 1. The van der Waals surface area contributed by atoms with Crippen LogP contribution < -0.4 is 5.32 Å². The molecule has 30 heavy (non-hydrogen) atoms. The van der Waals surface area contributed by atoms with Crippen molar-refractivity contribution < 1.29 is 18.7 Å². The summed E-state index contributed by atoms with van der Waals surface area (Å²) in [7, 11) is 1.65. The van der Waals surface area contributed by atoms with E-state index in [0.717, 1.165) is 31.4 Å². The van der Waals surface area contributed by atoms with E-state index in [9.17, 15) is 9.59 Å². The summed E-state index contributed by atoms with van der Waals surface area (Å²) in [5.41, 5.74) is 0.425. The van der Waals surface area contributed by atoms with Crippen LogP contribution in [0.25, 0.3) is 11.5 Å². The fourth-order valence-electron chi connectivity index (χ4n) is 4.72. The van der Waals surface area contributed by atoms with Crippen LogP contribution in [0.4, 0.5) is 0 Å². The molecule has 3 heterocycles. The molecule has 162 valence electrons. The smallest absolute Gasteiger partial charge is 0.271 e. The van der Waals surface area contributed by atoms with E-state index in [0.29, 0.717) is 37.6 Å². The first-order chi connectivity index (χ1) is 14.5. The minimum atomic E-state index is -0.977. The molecule has 1 fully saturated rings.